The molecule has 1 aliphatic rings. The van der Waals surface area contributed by atoms with Gasteiger partial charge in [0.05, 0.1) is 5.92 Å². The Labute approximate surface area is 174 Å². The fourth-order valence-electron chi connectivity index (χ4n) is 3.17. The Hall–Kier alpha value is -2.24. The minimum atomic E-state index is -0.834. The number of carbonyl (C=O) groups excluding carboxylic acids is 1. The summed E-state index contributed by atoms with van der Waals surface area (Å²) in [6.45, 7) is 0.860. The molecule has 0 unspecified atom stereocenters. The van der Waals surface area contributed by atoms with Crippen molar-refractivity contribution in [1.29, 1.82) is 0 Å². The Kier molecular flexibility index (Phi) is 7.18. The van der Waals surface area contributed by atoms with Crippen LogP contribution in [0.5, 0.6) is 0 Å². The highest BCUT2D eigenvalue weighted by Crippen LogP contribution is 2.25. The van der Waals surface area contributed by atoms with Gasteiger partial charge in [0.1, 0.15) is 0 Å². The first kappa shape index (κ1) is 20.5. The number of hydrogen-bond acceptors (Lipinski definition) is 3. The summed E-state index contributed by atoms with van der Waals surface area (Å²) in [6.07, 6.45) is 3.20. The normalized spacial score (nSPS) is 17.4. The number of amides is 1. The molecule has 1 saturated heterocycles. The molecule has 4 nitrogen and oxygen atoms in total. The van der Waals surface area contributed by atoms with Crippen LogP contribution in [0.2, 0.25) is 5.02 Å². The SMILES string of the molecule is O=C(O)[C@@H]1CCCN(C(=O)/C(=C/c2ccc(Cl)cc2)CSc2ccccc2)C1. The number of nitrogens with zero attached hydrogens (tertiary/aromatic N) is 1. The number of aliphatic carboxylic acids is 1. The molecule has 2 aromatic rings. The van der Waals surface area contributed by atoms with Crippen LogP contribution in [0.4, 0.5) is 0 Å². The van der Waals surface area contributed by atoms with E-state index in [1.807, 2.05) is 48.5 Å². The highest BCUT2D eigenvalue weighted by atomic mass is 35.5. The summed E-state index contributed by atoms with van der Waals surface area (Å²) in [4.78, 5) is 27.3. The van der Waals surface area contributed by atoms with Crippen LogP contribution in [0, 0.1) is 5.92 Å². The average molecular weight is 416 g/mol. The Bertz CT molecular complexity index is 852. The fourth-order valence-corrected chi connectivity index (χ4v) is 4.17. The van der Waals surface area contributed by atoms with E-state index in [4.69, 9.17) is 11.6 Å². The smallest absolute Gasteiger partial charge is 0.308 e. The quantitative estimate of drug-likeness (QED) is 0.541. The number of hydrogen-bond donors (Lipinski definition) is 1. The lowest BCUT2D eigenvalue weighted by Gasteiger charge is -2.31. The molecule has 6 heteroatoms. The summed E-state index contributed by atoms with van der Waals surface area (Å²) >= 11 is 7.56. The summed E-state index contributed by atoms with van der Waals surface area (Å²) in [5.41, 5.74) is 1.55. The first-order chi connectivity index (χ1) is 13.5. The van der Waals surface area contributed by atoms with E-state index >= 15 is 0 Å². The van der Waals surface area contributed by atoms with E-state index in [-0.39, 0.29) is 12.5 Å². The monoisotopic (exact) mass is 415 g/mol. The van der Waals surface area contributed by atoms with E-state index in [0.29, 0.717) is 35.7 Å². The molecule has 1 aliphatic heterocycles. The zero-order chi connectivity index (χ0) is 19.9. The van der Waals surface area contributed by atoms with E-state index in [1.165, 1.54) is 0 Å². The number of carbonyl (C=O) groups is 2. The number of thioether (sulfide) groups is 1. The van der Waals surface area contributed by atoms with Crippen molar-refractivity contribution in [3.63, 3.8) is 0 Å². The molecule has 0 spiro atoms. The van der Waals surface area contributed by atoms with Gasteiger partial charge in [0, 0.05) is 34.3 Å². The van der Waals surface area contributed by atoms with Gasteiger partial charge in [-0.15, -0.1) is 11.8 Å². The molecule has 1 fully saturated rings. The van der Waals surface area contributed by atoms with Gasteiger partial charge in [0.25, 0.3) is 5.91 Å². The van der Waals surface area contributed by atoms with Crippen molar-refractivity contribution >= 4 is 41.3 Å². The van der Waals surface area contributed by atoms with Gasteiger partial charge in [-0.1, -0.05) is 41.9 Å². The van der Waals surface area contributed by atoms with E-state index in [1.54, 1.807) is 28.8 Å². The maximum absolute atomic E-state index is 13.2. The van der Waals surface area contributed by atoms with Crippen molar-refractivity contribution in [2.24, 2.45) is 5.92 Å². The third kappa shape index (κ3) is 5.63. The number of piperidine rings is 1. The lowest BCUT2D eigenvalue weighted by Crippen LogP contribution is -2.43. The molecule has 0 bridgehead atoms. The molecular weight excluding hydrogens is 394 g/mol. The number of carboxylic acid groups (broad SMARTS) is 1. The molecular formula is C22H22ClNO3S. The van der Waals surface area contributed by atoms with Gasteiger partial charge in [-0.05, 0) is 48.7 Å². The van der Waals surface area contributed by atoms with E-state index in [9.17, 15) is 14.7 Å². The molecule has 0 aliphatic carbocycles. The van der Waals surface area contributed by atoms with Crippen LogP contribution in [0.25, 0.3) is 6.08 Å². The van der Waals surface area contributed by atoms with Crippen LogP contribution in [-0.4, -0.2) is 40.7 Å². The Morgan fingerprint density at radius 3 is 2.54 bits per heavy atom. The first-order valence-electron chi connectivity index (χ1n) is 9.19. The third-order valence-electron chi connectivity index (χ3n) is 4.68. The third-order valence-corrected chi connectivity index (χ3v) is 5.99. The molecule has 0 saturated carbocycles. The molecule has 1 heterocycles. The van der Waals surface area contributed by atoms with Gasteiger partial charge in [-0.2, -0.15) is 0 Å². The summed E-state index contributed by atoms with van der Waals surface area (Å²) in [5.74, 6) is -0.903. The number of benzene rings is 2. The molecule has 1 atom stereocenters. The lowest BCUT2D eigenvalue weighted by molar-refractivity contribution is -0.145. The molecule has 1 amide bonds. The number of likely N-dealkylation sites (tertiary alicyclic amines) is 1. The Morgan fingerprint density at radius 1 is 1.14 bits per heavy atom. The van der Waals surface area contributed by atoms with Crippen molar-refractivity contribution in [2.45, 2.75) is 17.7 Å². The minimum Gasteiger partial charge on any atom is -0.481 e. The van der Waals surface area contributed by atoms with E-state index in [2.05, 4.69) is 0 Å². The van der Waals surface area contributed by atoms with Gasteiger partial charge >= 0.3 is 5.97 Å². The lowest BCUT2D eigenvalue weighted by atomic mass is 9.97. The van der Waals surface area contributed by atoms with Gasteiger partial charge in [-0.25, -0.2) is 0 Å². The van der Waals surface area contributed by atoms with Crippen molar-refractivity contribution in [1.82, 2.24) is 4.90 Å². The zero-order valence-corrected chi connectivity index (χ0v) is 17.0. The molecule has 1 N–H and O–H groups in total. The summed E-state index contributed by atoms with van der Waals surface area (Å²) in [6, 6.07) is 17.2. The Balaban J connectivity index is 1.81. The summed E-state index contributed by atoms with van der Waals surface area (Å²) < 4.78 is 0. The maximum Gasteiger partial charge on any atom is 0.308 e. The predicted octanol–water partition coefficient (Wildman–Crippen LogP) is 4.84. The highest BCUT2D eigenvalue weighted by molar-refractivity contribution is 7.99. The summed E-state index contributed by atoms with van der Waals surface area (Å²) in [7, 11) is 0. The molecule has 0 aromatic heterocycles. The highest BCUT2D eigenvalue weighted by Gasteiger charge is 2.29. The molecule has 146 valence electrons. The van der Waals surface area contributed by atoms with Crippen LogP contribution < -0.4 is 0 Å². The van der Waals surface area contributed by atoms with Crippen LogP contribution >= 0.6 is 23.4 Å². The number of rotatable bonds is 6. The molecule has 3 rings (SSSR count). The first-order valence-corrected chi connectivity index (χ1v) is 10.6. The van der Waals surface area contributed by atoms with Crippen LogP contribution in [0.15, 0.2) is 65.1 Å². The van der Waals surface area contributed by atoms with E-state index in [0.717, 1.165) is 10.5 Å². The molecule has 0 radical (unpaired) electrons. The summed E-state index contributed by atoms with van der Waals surface area (Å²) in [5, 5.41) is 9.96. The topological polar surface area (TPSA) is 57.6 Å². The Morgan fingerprint density at radius 2 is 1.86 bits per heavy atom. The second-order valence-electron chi connectivity index (χ2n) is 6.75. The average Bonchev–Trinajstić information content (AvgIpc) is 2.73. The van der Waals surface area contributed by atoms with Gasteiger partial charge in [-0.3, -0.25) is 9.59 Å². The van der Waals surface area contributed by atoms with Crippen molar-refractivity contribution in [3.8, 4) is 0 Å². The van der Waals surface area contributed by atoms with Crippen molar-refractivity contribution < 1.29 is 14.7 Å². The molecule has 28 heavy (non-hydrogen) atoms. The zero-order valence-electron chi connectivity index (χ0n) is 15.4. The maximum atomic E-state index is 13.2. The predicted molar refractivity (Wildman–Crippen MR) is 114 cm³/mol. The second kappa shape index (κ2) is 9.80. The minimum absolute atomic E-state index is 0.0932. The van der Waals surface area contributed by atoms with Crippen molar-refractivity contribution in [2.75, 3.05) is 18.8 Å². The van der Waals surface area contributed by atoms with E-state index < -0.39 is 11.9 Å². The van der Waals surface area contributed by atoms with Crippen LogP contribution in [0.1, 0.15) is 18.4 Å². The van der Waals surface area contributed by atoms with Gasteiger partial charge < -0.3 is 10.0 Å². The largest absolute Gasteiger partial charge is 0.481 e. The van der Waals surface area contributed by atoms with Crippen LogP contribution in [0.3, 0.4) is 0 Å². The second-order valence-corrected chi connectivity index (χ2v) is 8.24. The van der Waals surface area contributed by atoms with Gasteiger partial charge in [0.15, 0.2) is 0 Å². The van der Waals surface area contributed by atoms with Crippen LogP contribution in [-0.2, 0) is 9.59 Å². The van der Waals surface area contributed by atoms with Gasteiger partial charge in [0.2, 0.25) is 0 Å². The molecule has 2 aromatic carbocycles. The fraction of sp³-hybridized carbons (Fsp3) is 0.273. The van der Waals surface area contributed by atoms with Crippen molar-refractivity contribution in [3.05, 3.63) is 70.8 Å². The number of carboxylic acids is 1. The number of halogens is 1. The standard InChI is InChI=1S/C22H22ClNO3S/c23-19-10-8-16(9-11-19)13-18(15-28-20-6-2-1-3-7-20)21(25)24-12-4-5-17(14-24)22(26)27/h1-3,6-11,13,17H,4-5,12,14-15H2,(H,26,27)/b18-13+/t17-/m1/s1.